The highest BCUT2D eigenvalue weighted by Gasteiger charge is 2.49. The van der Waals surface area contributed by atoms with Crippen LogP contribution in [0.1, 0.15) is 11.1 Å². The molecule has 0 radical (unpaired) electrons. The number of piperazine rings is 1. The topological polar surface area (TPSA) is 66.9 Å². The number of amides is 1. The molecule has 0 bridgehead atoms. The Morgan fingerprint density at radius 2 is 1.83 bits per heavy atom. The highest BCUT2D eigenvalue weighted by Crippen LogP contribution is 2.32. The molecule has 2 fully saturated rings. The minimum absolute atomic E-state index is 0.0208. The second kappa shape index (κ2) is 7.80. The van der Waals surface area contributed by atoms with Gasteiger partial charge in [0.1, 0.15) is 5.75 Å². The molecular formula is C22H26N2O4S. The van der Waals surface area contributed by atoms with Gasteiger partial charge in [0, 0.05) is 18.3 Å². The summed E-state index contributed by atoms with van der Waals surface area (Å²) >= 11 is 0. The summed E-state index contributed by atoms with van der Waals surface area (Å²) in [7, 11) is -1.55. The second-order valence-corrected chi connectivity index (χ2v) is 10.0. The van der Waals surface area contributed by atoms with Crippen LogP contribution in [0.4, 0.5) is 5.69 Å². The van der Waals surface area contributed by atoms with Gasteiger partial charge in [0.25, 0.3) is 0 Å². The third kappa shape index (κ3) is 4.16. The van der Waals surface area contributed by atoms with E-state index in [2.05, 4.69) is 0 Å². The third-order valence-corrected chi connectivity index (χ3v) is 7.50. The molecule has 4 rings (SSSR count). The van der Waals surface area contributed by atoms with E-state index in [1.54, 1.807) is 12.0 Å². The van der Waals surface area contributed by atoms with Crippen LogP contribution in [0, 0.1) is 6.92 Å². The van der Waals surface area contributed by atoms with Gasteiger partial charge in [-0.05, 0) is 48.7 Å². The summed E-state index contributed by atoms with van der Waals surface area (Å²) in [4.78, 5) is 16.8. The maximum atomic E-state index is 13.1. The number of benzene rings is 2. The van der Waals surface area contributed by atoms with Gasteiger partial charge in [0.05, 0.1) is 31.2 Å². The first-order chi connectivity index (χ1) is 13.9. The minimum atomic E-state index is -3.19. The molecule has 0 unspecified atom stereocenters. The average Bonchev–Trinajstić information content (AvgIpc) is 3.01. The normalized spacial score (nSPS) is 23.8. The first-order valence-electron chi connectivity index (χ1n) is 9.82. The zero-order valence-electron chi connectivity index (χ0n) is 16.7. The maximum Gasteiger partial charge on any atom is 0.241 e. The largest absolute Gasteiger partial charge is 0.497 e. The molecule has 2 aliphatic heterocycles. The Labute approximate surface area is 172 Å². The summed E-state index contributed by atoms with van der Waals surface area (Å²) in [5.74, 6) is 0.877. The van der Waals surface area contributed by atoms with Crippen molar-refractivity contribution in [1.29, 1.82) is 0 Å². The first-order valence-corrected chi connectivity index (χ1v) is 11.6. The van der Waals surface area contributed by atoms with Crippen molar-refractivity contribution in [2.24, 2.45) is 0 Å². The maximum absolute atomic E-state index is 13.1. The van der Waals surface area contributed by atoms with Gasteiger partial charge in [-0.15, -0.1) is 0 Å². The fourth-order valence-corrected chi connectivity index (χ4v) is 6.40. The summed E-state index contributed by atoms with van der Waals surface area (Å²) in [6.07, 6.45) is 0.734. The number of anilines is 1. The molecule has 2 aromatic carbocycles. The molecule has 2 saturated heterocycles. The summed E-state index contributed by atoms with van der Waals surface area (Å²) < 4.78 is 30.2. The molecule has 2 heterocycles. The Morgan fingerprint density at radius 1 is 1.07 bits per heavy atom. The van der Waals surface area contributed by atoms with Crippen molar-refractivity contribution in [3.8, 4) is 5.75 Å². The zero-order valence-corrected chi connectivity index (χ0v) is 17.6. The molecule has 154 valence electrons. The molecule has 1 amide bonds. The standard InChI is InChI=1S/C22H26N2O4S/c1-16-5-3-7-18(11-16)24-21-15-29(26,27)14-20(21)23(13-22(24)25)10-9-17-6-4-8-19(12-17)28-2/h3-8,11-12,20-21H,9-10,13-15H2,1-2H3/t20-,21+/m0/s1. The number of nitrogens with zero attached hydrogens (tertiary/aromatic N) is 2. The SMILES string of the molecule is COc1cccc(CCN2CC(=O)N(c3cccc(C)c3)[C@@H]3CS(=O)(=O)C[C@@H]32)c1. The van der Waals surface area contributed by atoms with Crippen LogP contribution in [0.25, 0.3) is 0 Å². The van der Waals surface area contributed by atoms with Gasteiger partial charge in [-0.3, -0.25) is 9.69 Å². The highest BCUT2D eigenvalue weighted by molar-refractivity contribution is 7.91. The number of aryl methyl sites for hydroxylation is 1. The number of ether oxygens (including phenoxy) is 1. The summed E-state index contributed by atoms with van der Waals surface area (Å²) in [5, 5.41) is 0. The van der Waals surface area contributed by atoms with E-state index in [4.69, 9.17) is 4.74 Å². The quantitative estimate of drug-likeness (QED) is 0.749. The van der Waals surface area contributed by atoms with Crippen molar-refractivity contribution in [3.63, 3.8) is 0 Å². The average molecular weight is 415 g/mol. The molecule has 7 heteroatoms. The van der Waals surface area contributed by atoms with Crippen LogP contribution in [0.3, 0.4) is 0 Å². The Morgan fingerprint density at radius 3 is 2.59 bits per heavy atom. The minimum Gasteiger partial charge on any atom is -0.497 e. The zero-order chi connectivity index (χ0) is 20.6. The van der Waals surface area contributed by atoms with Crippen molar-refractivity contribution in [2.75, 3.05) is 36.6 Å². The lowest BCUT2D eigenvalue weighted by Gasteiger charge is -2.43. The fraction of sp³-hybridized carbons (Fsp3) is 0.409. The molecule has 29 heavy (non-hydrogen) atoms. The molecule has 6 nitrogen and oxygen atoms in total. The second-order valence-electron chi connectivity index (χ2n) is 7.89. The van der Waals surface area contributed by atoms with Crippen LogP contribution in [0.5, 0.6) is 5.75 Å². The number of carbonyl (C=O) groups excluding carboxylic acids is 1. The number of rotatable bonds is 5. The third-order valence-electron chi connectivity index (χ3n) is 5.80. The Balaban J connectivity index is 1.57. The van der Waals surface area contributed by atoms with Crippen molar-refractivity contribution in [1.82, 2.24) is 4.90 Å². The van der Waals surface area contributed by atoms with Gasteiger partial charge in [-0.25, -0.2) is 8.42 Å². The number of sulfone groups is 1. The van der Waals surface area contributed by atoms with Crippen molar-refractivity contribution < 1.29 is 17.9 Å². The molecule has 2 aliphatic rings. The van der Waals surface area contributed by atoms with Crippen LogP contribution >= 0.6 is 0 Å². The molecule has 0 N–H and O–H groups in total. The summed E-state index contributed by atoms with van der Waals surface area (Å²) in [5.41, 5.74) is 2.94. The lowest BCUT2D eigenvalue weighted by Crippen LogP contribution is -2.62. The summed E-state index contributed by atoms with van der Waals surface area (Å²) in [6, 6.07) is 15.0. The molecular weight excluding hydrogens is 388 g/mol. The molecule has 0 aromatic heterocycles. The van der Waals surface area contributed by atoms with Crippen LogP contribution in [0.2, 0.25) is 0 Å². The predicted molar refractivity (Wildman–Crippen MR) is 113 cm³/mol. The predicted octanol–water partition coefficient (Wildman–Crippen LogP) is 2.06. The van der Waals surface area contributed by atoms with E-state index in [0.29, 0.717) is 6.54 Å². The van der Waals surface area contributed by atoms with Gasteiger partial charge < -0.3 is 9.64 Å². The lowest BCUT2D eigenvalue weighted by atomic mass is 10.0. The van der Waals surface area contributed by atoms with E-state index < -0.39 is 9.84 Å². The number of carbonyl (C=O) groups is 1. The number of hydrogen-bond donors (Lipinski definition) is 0. The van der Waals surface area contributed by atoms with Crippen molar-refractivity contribution in [3.05, 3.63) is 59.7 Å². The monoisotopic (exact) mass is 414 g/mol. The molecule has 2 atom stereocenters. The van der Waals surface area contributed by atoms with Crippen LogP contribution < -0.4 is 9.64 Å². The number of methoxy groups -OCH3 is 1. The lowest BCUT2D eigenvalue weighted by molar-refractivity contribution is -0.123. The Kier molecular flexibility index (Phi) is 5.36. The van der Waals surface area contributed by atoms with E-state index in [0.717, 1.165) is 29.0 Å². The highest BCUT2D eigenvalue weighted by atomic mass is 32.2. The van der Waals surface area contributed by atoms with Gasteiger partial charge in [0.15, 0.2) is 9.84 Å². The fourth-order valence-electron chi connectivity index (χ4n) is 4.42. The van der Waals surface area contributed by atoms with E-state index >= 15 is 0 Å². The molecule has 0 spiro atoms. The van der Waals surface area contributed by atoms with Crippen molar-refractivity contribution in [2.45, 2.75) is 25.4 Å². The van der Waals surface area contributed by atoms with E-state index in [9.17, 15) is 13.2 Å². The van der Waals surface area contributed by atoms with E-state index in [1.807, 2.05) is 60.4 Å². The smallest absolute Gasteiger partial charge is 0.241 e. The summed E-state index contributed by atoms with van der Waals surface area (Å²) in [6.45, 7) is 2.84. The van der Waals surface area contributed by atoms with E-state index in [1.165, 1.54) is 0 Å². The molecule has 0 saturated carbocycles. The molecule has 2 aromatic rings. The Hall–Kier alpha value is -2.38. The molecule has 0 aliphatic carbocycles. The van der Waals surface area contributed by atoms with E-state index in [-0.39, 0.29) is 36.0 Å². The Bertz CT molecular complexity index is 1020. The van der Waals surface area contributed by atoms with Crippen LogP contribution in [0.15, 0.2) is 48.5 Å². The van der Waals surface area contributed by atoms with Crippen LogP contribution in [-0.4, -0.2) is 63.0 Å². The number of hydrogen-bond acceptors (Lipinski definition) is 5. The van der Waals surface area contributed by atoms with Gasteiger partial charge in [-0.1, -0.05) is 24.3 Å². The van der Waals surface area contributed by atoms with Crippen molar-refractivity contribution >= 4 is 21.4 Å². The van der Waals surface area contributed by atoms with Gasteiger partial charge in [0.2, 0.25) is 5.91 Å². The van der Waals surface area contributed by atoms with Crippen LogP contribution in [-0.2, 0) is 21.1 Å². The number of fused-ring (bicyclic) bond motifs is 1. The van der Waals surface area contributed by atoms with Gasteiger partial charge >= 0.3 is 0 Å². The first kappa shape index (κ1) is 19.9. The van der Waals surface area contributed by atoms with Gasteiger partial charge in [-0.2, -0.15) is 0 Å².